The molecule has 0 aliphatic heterocycles. The number of carbonyl (C=O) groups is 1. The Morgan fingerprint density at radius 1 is 1.47 bits per heavy atom. The predicted octanol–water partition coefficient (Wildman–Crippen LogP) is 2.06. The average Bonchev–Trinajstić information content (AvgIpc) is 2.25. The van der Waals surface area contributed by atoms with Gasteiger partial charge in [0.15, 0.2) is 0 Å². The second-order valence-electron chi connectivity index (χ2n) is 2.93. The Labute approximate surface area is 103 Å². The number of nitrogens with one attached hydrogen (secondary N) is 1. The van der Waals surface area contributed by atoms with Crippen molar-refractivity contribution in [1.29, 1.82) is 0 Å². The third kappa shape index (κ3) is 4.17. The van der Waals surface area contributed by atoms with Crippen LogP contribution in [0.2, 0.25) is 0 Å². The first-order chi connectivity index (χ1) is 7.25. The lowest BCUT2D eigenvalue weighted by molar-refractivity contribution is 0.0921. The van der Waals surface area contributed by atoms with E-state index in [9.17, 15) is 4.79 Å². The molecule has 3 nitrogen and oxygen atoms in total. The van der Waals surface area contributed by atoms with Gasteiger partial charge in [0.05, 0.1) is 12.2 Å². The van der Waals surface area contributed by atoms with Gasteiger partial charge >= 0.3 is 0 Å². The van der Waals surface area contributed by atoms with Gasteiger partial charge in [0.1, 0.15) is 0 Å². The minimum Gasteiger partial charge on any atom is -0.380 e. The van der Waals surface area contributed by atoms with Crippen molar-refractivity contribution < 1.29 is 9.53 Å². The molecular formula is C11H14INO2. The molecule has 1 aromatic carbocycles. The van der Waals surface area contributed by atoms with Crippen LogP contribution in [0, 0.1) is 3.57 Å². The highest BCUT2D eigenvalue weighted by molar-refractivity contribution is 14.1. The van der Waals surface area contributed by atoms with Gasteiger partial charge in [-0.25, -0.2) is 0 Å². The van der Waals surface area contributed by atoms with Crippen LogP contribution in [0.15, 0.2) is 24.3 Å². The van der Waals surface area contributed by atoms with E-state index in [0.29, 0.717) is 19.8 Å². The first-order valence-electron chi connectivity index (χ1n) is 4.86. The van der Waals surface area contributed by atoms with Crippen molar-refractivity contribution in [3.8, 4) is 0 Å². The Morgan fingerprint density at radius 3 is 2.87 bits per heavy atom. The van der Waals surface area contributed by atoms with Crippen molar-refractivity contribution in [1.82, 2.24) is 5.32 Å². The molecule has 0 saturated heterocycles. The highest BCUT2D eigenvalue weighted by Crippen LogP contribution is 2.10. The Balaban J connectivity index is 2.44. The molecule has 82 valence electrons. The van der Waals surface area contributed by atoms with E-state index in [-0.39, 0.29) is 5.91 Å². The highest BCUT2D eigenvalue weighted by Gasteiger charge is 2.07. The molecule has 1 N–H and O–H groups in total. The highest BCUT2D eigenvalue weighted by atomic mass is 127. The van der Waals surface area contributed by atoms with Crippen LogP contribution in [-0.4, -0.2) is 25.7 Å². The summed E-state index contributed by atoms with van der Waals surface area (Å²) in [6.45, 7) is 3.73. The predicted molar refractivity (Wildman–Crippen MR) is 68.0 cm³/mol. The Morgan fingerprint density at radius 2 is 2.20 bits per heavy atom. The molecule has 15 heavy (non-hydrogen) atoms. The van der Waals surface area contributed by atoms with Gasteiger partial charge < -0.3 is 10.1 Å². The monoisotopic (exact) mass is 319 g/mol. The van der Waals surface area contributed by atoms with E-state index in [0.717, 1.165) is 9.13 Å². The zero-order valence-electron chi connectivity index (χ0n) is 8.63. The van der Waals surface area contributed by atoms with Crippen molar-refractivity contribution in [3.05, 3.63) is 33.4 Å². The second-order valence-corrected chi connectivity index (χ2v) is 4.09. The number of carbonyl (C=O) groups excluding carboxylic acids is 1. The number of halogens is 1. The van der Waals surface area contributed by atoms with Crippen LogP contribution >= 0.6 is 22.6 Å². The molecule has 0 unspecified atom stereocenters. The molecule has 0 bridgehead atoms. The number of rotatable bonds is 5. The number of hydrogen-bond acceptors (Lipinski definition) is 2. The number of hydrogen-bond donors (Lipinski definition) is 1. The second kappa shape index (κ2) is 6.79. The van der Waals surface area contributed by atoms with E-state index in [1.807, 2.05) is 31.2 Å². The average molecular weight is 319 g/mol. The van der Waals surface area contributed by atoms with Gasteiger partial charge in [0.25, 0.3) is 5.91 Å². The summed E-state index contributed by atoms with van der Waals surface area (Å²) >= 11 is 2.15. The fraction of sp³-hybridized carbons (Fsp3) is 0.364. The van der Waals surface area contributed by atoms with Crippen molar-refractivity contribution in [3.63, 3.8) is 0 Å². The molecule has 0 radical (unpaired) electrons. The van der Waals surface area contributed by atoms with Crippen LogP contribution in [0.3, 0.4) is 0 Å². The van der Waals surface area contributed by atoms with E-state index in [4.69, 9.17) is 4.74 Å². The lowest BCUT2D eigenvalue weighted by atomic mass is 10.2. The maximum Gasteiger partial charge on any atom is 0.252 e. The normalized spacial score (nSPS) is 10.0. The molecule has 0 fully saturated rings. The van der Waals surface area contributed by atoms with Crippen molar-refractivity contribution in [2.24, 2.45) is 0 Å². The first-order valence-corrected chi connectivity index (χ1v) is 5.94. The maximum absolute atomic E-state index is 11.7. The molecule has 1 rings (SSSR count). The summed E-state index contributed by atoms with van der Waals surface area (Å²) in [5.41, 5.74) is 0.717. The summed E-state index contributed by atoms with van der Waals surface area (Å²) in [7, 11) is 0. The van der Waals surface area contributed by atoms with E-state index >= 15 is 0 Å². The third-order valence-electron chi connectivity index (χ3n) is 1.85. The Hall–Kier alpha value is -0.620. The molecule has 1 amide bonds. The maximum atomic E-state index is 11.7. The van der Waals surface area contributed by atoms with E-state index in [1.54, 1.807) is 0 Å². The Kier molecular flexibility index (Phi) is 5.63. The number of ether oxygens (including phenoxy) is 1. The molecule has 0 spiro atoms. The number of amides is 1. The van der Waals surface area contributed by atoms with Gasteiger partial charge in [-0.2, -0.15) is 0 Å². The first kappa shape index (κ1) is 12.4. The largest absolute Gasteiger partial charge is 0.380 e. The molecule has 1 aromatic rings. The minimum absolute atomic E-state index is 0.0419. The van der Waals surface area contributed by atoms with Gasteiger partial charge in [-0.1, -0.05) is 12.1 Å². The summed E-state index contributed by atoms with van der Waals surface area (Å²) in [5.74, 6) is -0.0419. The molecule has 0 atom stereocenters. The van der Waals surface area contributed by atoms with Crippen molar-refractivity contribution >= 4 is 28.5 Å². The van der Waals surface area contributed by atoms with Gasteiger partial charge in [-0.3, -0.25) is 4.79 Å². The van der Waals surface area contributed by atoms with Gasteiger partial charge in [0.2, 0.25) is 0 Å². The van der Waals surface area contributed by atoms with Crippen LogP contribution < -0.4 is 5.32 Å². The van der Waals surface area contributed by atoms with E-state index < -0.39 is 0 Å². The fourth-order valence-corrected chi connectivity index (χ4v) is 1.75. The minimum atomic E-state index is -0.0419. The third-order valence-corrected chi connectivity index (χ3v) is 2.80. The van der Waals surface area contributed by atoms with Crippen molar-refractivity contribution in [2.75, 3.05) is 19.8 Å². The molecule has 0 saturated carbocycles. The number of benzene rings is 1. The summed E-state index contributed by atoms with van der Waals surface area (Å²) < 4.78 is 6.10. The van der Waals surface area contributed by atoms with Gasteiger partial charge in [-0.05, 0) is 41.6 Å². The standard InChI is InChI=1S/C11H14INO2/c1-2-15-8-7-13-11(14)9-5-3-4-6-10(9)12/h3-6H,2,7-8H2,1H3,(H,13,14). The topological polar surface area (TPSA) is 38.3 Å². The smallest absolute Gasteiger partial charge is 0.252 e. The van der Waals surface area contributed by atoms with E-state index in [1.165, 1.54) is 0 Å². The summed E-state index contributed by atoms with van der Waals surface area (Å²) in [4.78, 5) is 11.7. The van der Waals surface area contributed by atoms with Crippen molar-refractivity contribution in [2.45, 2.75) is 6.92 Å². The van der Waals surface area contributed by atoms with E-state index in [2.05, 4.69) is 27.9 Å². The molecule has 4 heteroatoms. The summed E-state index contributed by atoms with van der Waals surface area (Å²) in [6.07, 6.45) is 0. The zero-order valence-corrected chi connectivity index (χ0v) is 10.8. The molecule has 0 heterocycles. The summed E-state index contributed by atoms with van der Waals surface area (Å²) in [5, 5.41) is 2.81. The van der Waals surface area contributed by atoms with Gasteiger partial charge in [0, 0.05) is 16.7 Å². The fourth-order valence-electron chi connectivity index (χ4n) is 1.12. The molecular weight excluding hydrogens is 305 g/mol. The summed E-state index contributed by atoms with van der Waals surface area (Å²) in [6, 6.07) is 7.51. The lowest BCUT2D eigenvalue weighted by Crippen LogP contribution is -2.27. The molecule has 0 aliphatic carbocycles. The van der Waals surface area contributed by atoms with Crippen LogP contribution in [0.25, 0.3) is 0 Å². The van der Waals surface area contributed by atoms with Crippen LogP contribution in [-0.2, 0) is 4.74 Å². The Bertz CT molecular complexity index is 328. The van der Waals surface area contributed by atoms with Crippen LogP contribution in [0.5, 0.6) is 0 Å². The van der Waals surface area contributed by atoms with Crippen LogP contribution in [0.4, 0.5) is 0 Å². The molecule has 0 aromatic heterocycles. The molecule has 0 aliphatic rings. The van der Waals surface area contributed by atoms with Gasteiger partial charge in [-0.15, -0.1) is 0 Å². The zero-order chi connectivity index (χ0) is 11.1. The lowest BCUT2D eigenvalue weighted by Gasteiger charge is -2.06. The quantitative estimate of drug-likeness (QED) is 0.666. The SMILES string of the molecule is CCOCCNC(=O)c1ccccc1I. The van der Waals surface area contributed by atoms with Crippen LogP contribution in [0.1, 0.15) is 17.3 Å².